The normalized spacial score (nSPS) is 17.3. The highest BCUT2D eigenvalue weighted by atomic mass is 35.5. The van der Waals surface area contributed by atoms with Gasteiger partial charge in [-0.15, -0.1) is 0 Å². The second-order valence-electron chi connectivity index (χ2n) is 5.41. The lowest BCUT2D eigenvalue weighted by molar-refractivity contribution is -0.114. The number of benzene rings is 2. The van der Waals surface area contributed by atoms with Gasteiger partial charge < -0.3 is 10.6 Å². The molecule has 2 N–H and O–H groups in total. The van der Waals surface area contributed by atoms with Crippen LogP contribution in [0, 0.1) is 6.92 Å². The molecule has 3 nitrogen and oxygen atoms in total. The number of hydrogen-bond acceptors (Lipinski definition) is 3. The summed E-state index contributed by atoms with van der Waals surface area (Å²) in [5.74, 6) is 0.112. The van der Waals surface area contributed by atoms with Gasteiger partial charge in [-0.05, 0) is 48.9 Å². The predicted molar refractivity (Wildman–Crippen MR) is 91.4 cm³/mol. The van der Waals surface area contributed by atoms with Gasteiger partial charge in [-0.2, -0.15) is 0 Å². The maximum atomic E-state index is 12.1. The molecule has 1 unspecified atom stereocenters. The number of halogens is 1. The number of hydrogen-bond donors (Lipinski definition) is 2. The second-order valence-corrected chi connectivity index (χ2v) is 5.84. The highest BCUT2D eigenvalue weighted by molar-refractivity contribution is 6.30. The topological polar surface area (TPSA) is 41.1 Å². The quantitative estimate of drug-likeness (QED) is 0.879. The zero-order valence-electron chi connectivity index (χ0n) is 12.3. The van der Waals surface area contributed by atoms with E-state index in [4.69, 9.17) is 11.6 Å². The monoisotopic (exact) mass is 312 g/mol. The Morgan fingerprint density at radius 2 is 1.82 bits per heavy atom. The average molecular weight is 313 g/mol. The van der Waals surface area contributed by atoms with Gasteiger partial charge in [0.05, 0.1) is 11.7 Å². The molecule has 0 fully saturated rings. The van der Waals surface area contributed by atoms with E-state index in [1.54, 1.807) is 12.1 Å². The van der Waals surface area contributed by atoms with Gasteiger partial charge in [-0.25, -0.2) is 0 Å². The molecule has 1 atom stereocenters. The molecule has 2 aromatic rings. The molecule has 22 heavy (non-hydrogen) atoms. The Balaban J connectivity index is 1.71. The molecule has 0 bridgehead atoms. The zero-order chi connectivity index (χ0) is 15.5. The maximum absolute atomic E-state index is 12.1. The summed E-state index contributed by atoms with van der Waals surface area (Å²) in [7, 11) is 0. The number of allylic oxidation sites excluding steroid dienone is 1. The summed E-state index contributed by atoms with van der Waals surface area (Å²) < 4.78 is 0. The molecule has 1 aliphatic carbocycles. The number of rotatable bonds is 4. The van der Waals surface area contributed by atoms with Crippen LogP contribution in [0.4, 0.5) is 11.4 Å². The van der Waals surface area contributed by atoms with Gasteiger partial charge in [0.1, 0.15) is 0 Å². The highest BCUT2D eigenvalue weighted by Gasteiger charge is 2.24. The largest absolute Gasteiger partial charge is 0.378 e. The number of aryl methyl sites for hydroxylation is 1. The van der Waals surface area contributed by atoms with Crippen LogP contribution in [0.25, 0.3) is 0 Å². The Morgan fingerprint density at radius 1 is 1.09 bits per heavy atom. The van der Waals surface area contributed by atoms with Crippen molar-refractivity contribution in [2.24, 2.45) is 0 Å². The first kappa shape index (κ1) is 14.7. The molecule has 0 amide bonds. The summed E-state index contributed by atoms with van der Waals surface area (Å²) in [6.07, 6.45) is 2.41. The smallest absolute Gasteiger partial charge is 0.181 e. The molecule has 0 radical (unpaired) electrons. The van der Waals surface area contributed by atoms with Crippen molar-refractivity contribution >= 4 is 28.8 Å². The van der Waals surface area contributed by atoms with Crippen LogP contribution in [0.3, 0.4) is 0 Å². The molecule has 112 valence electrons. The van der Waals surface area contributed by atoms with E-state index < -0.39 is 0 Å². The fraction of sp³-hybridized carbons (Fsp3) is 0.167. The first-order chi connectivity index (χ1) is 10.6. The van der Waals surface area contributed by atoms with Crippen LogP contribution in [0.1, 0.15) is 12.0 Å². The summed E-state index contributed by atoms with van der Waals surface area (Å²) in [5, 5.41) is 7.24. The number of Topliss-reactive ketones (excluding diaryl/α,β-unsaturated/α-hetero) is 1. The summed E-state index contributed by atoms with van der Waals surface area (Å²) in [6, 6.07) is 15.4. The van der Waals surface area contributed by atoms with Gasteiger partial charge in [-0.1, -0.05) is 29.8 Å². The Labute approximate surface area is 135 Å². The zero-order valence-corrected chi connectivity index (χ0v) is 13.0. The lowest BCUT2D eigenvalue weighted by atomic mass is 10.1. The Kier molecular flexibility index (Phi) is 4.16. The van der Waals surface area contributed by atoms with Crippen LogP contribution in [0.2, 0.25) is 5.02 Å². The van der Waals surface area contributed by atoms with Crippen molar-refractivity contribution in [1.29, 1.82) is 0 Å². The molecule has 0 spiro atoms. The molecule has 1 aliphatic rings. The Bertz CT molecular complexity index is 722. The minimum absolute atomic E-state index is 0.0170. The first-order valence-corrected chi connectivity index (χ1v) is 7.59. The van der Waals surface area contributed by atoms with Gasteiger partial charge in [0.15, 0.2) is 5.78 Å². The number of anilines is 2. The van der Waals surface area contributed by atoms with Crippen molar-refractivity contribution in [1.82, 2.24) is 0 Å². The van der Waals surface area contributed by atoms with Crippen LogP contribution in [0.5, 0.6) is 0 Å². The van der Waals surface area contributed by atoms with E-state index in [-0.39, 0.29) is 11.8 Å². The van der Waals surface area contributed by atoms with Gasteiger partial charge in [-0.3, -0.25) is 4.79 Å². The van der Waals surface area contributed by atoms with E-state index >= 15 is 0 Å². The van der Waals surface area contributed by atoms with Gasteiger partial charge >= 0.3 is 0 Å². The Hall–Kier alpha value is -2.26. The third kappa shape index (κ3) is 3.31. The van der Waals surface area contributed by atoms with E-state index in [0.29, 0.717) is 17.1 Å². The molecular weight excluding hydrogens is 296 g/mol. The number of carbonyl (C=O) groups excluding carboxylic acids is 1. The fourth-order valence-electron chi connectivity index (χ4n) is 2.49. The van der Waals surface area contributed by atoms with E-state index in [9.17, 15) is 4.79 Å². The van der Waals surface area contributed by atoms with E-state index in [0.717, 1.165) is 11.4 Å². The maximum Gasteiger partial charge on any atom is 0.181 e. The van der Waals surface area contributed by atoms with Gasteiger partial charge in [0, 0.05) is 22.8 Å². The van der Waals surface area contributed by atoms with Crippen molar-refractivity contribution in [2.45, 2.75) is 19.4 Å². The van der Waals surface area contributed by atoms with E-state index in [1.807, 2.05) is 36.4 Å². The van der Waals surface area contributed by atoms with Gasteiger partial charge in [0.2, 0.25) is 0 Å². The lowest BCUT2D eigenvalue weighted by Gasteiger charge is -2.13. The first-order valence-electron chi connectivity index (χ1n) is 7.21. The summed E-state index contributed by atoms with van der Waals surface area (Å²) in [4.78, 5) is 12.1. The van der Waals surface area contributed by atoms with Crippen LogP contribution in [0.15, 0.2) is 60.3 Å². The Morgan fingerprint density at radius 3 is 2.55 bits per heavy atom. The number of ketones is 1. The highest BCUT2D eigenvalue weighted by Crippen LogP contribution is 2.23. The molecule has 3 rings (SSSR count). The van der Waals surface area contributed by atoms with Crippen molar-refractivity contribution in [3.05, 3.63) is 70.9 Å². The molecule has 0 saturated carbocycles. The number of carbonyl (C=O) groups is 1. The van der Waals surface area contributed by atoms with Crippen LogP contribution in [-0.2, 0) is 4.79 Å². The van der Waals surface area contributed by atoms with E-state index in [2.05, 4.69) is 23.6 Å². The van der Waals surface area contributed by atoms with Crippen molar-refractivity contribution in [2.75, 3.05) is 10.6 Å². The third-order valence-corrected chi connectivity index (χ3v) is 3.93. The van der Waals surface area contributed by atoms with Crippen molar-refractivity contribution in [3.8, 4) is 0 Å². The summed E-state index contributed by atoms with van der Waals surface area (Å²) in [6.45, 7) is 2.05. The number of para-hydroxylation sites is 1. The molecular formula is C18H17ClN2O. The average Bonchev–Trinajstić information content (AvgIpc) is 2.84. The van der Waals surface area contributed by atoms with Crippen LogP contribution in [-0.4, -0.2) is 11.8 Å². The SMILES string of the molecule is Cc1ccccc1NC1C=C(Nc2ccc(Cl)cc2)C(=O)C1. The standard InChI is InChI=1S/C18H17ClN2O/c1-12-4-2-3-5-16(12)21-15-10-17(18(22)11-15)20-14-8-6-13(19)7-9-14/h2-10,15,20-21H,11H2,1H3. The molecule has 0 saturated heterocycles. The number of nitrogens with one attached hydrogen (secondary N) is 2. The molecule has 4 heteroatoms. The molecule has 2 aromatic carbocycles. The fourth-order valence-corrected chi connectivity index (χ4v) is 2.62. The van der Waals surface area contributed by atoms with Crippen molar-refractivity contribution in [3.63, 3.8) is 0 Å². The van der Waals surface area contributed by atoms with E-state index in [1.165, 1.54) is 5.56 Å². The minimum atomic E-state index is 0.0170. The minimum Gasteiger partial charge on any atom is -0.378 e. The second kappa shape index (κ2) is 6.24. The molecule has 0 heterocycles. The summed E-state index contributed by atoms with van der Waals surface area (Å²) in [5.41, 5.74) is 3.72. The van der Waals surface area contributed by atoms with Gasteiger partial charge in [0.25, 0.3) is 0 Å². The molecule has 0 aliphatic heterocycles. The van der Waals surface area contributed by atoms with Crippen LogP contribution < -0.4 is 10.6 Å². The third-order valence-electron chi connectivity index (χ3n) is 3.68. The van der Waals surface area contributed by atoms with Crippen molar-refractivity contribution < 1.29 is 4.79 Å². The summed E-state index contributed by atoms with van der Waals surface area (Å²) >= 11 is 5.87. The molecule has 0 aromatic heterocycles. The van der Waals surface area contributed by atoms with Crippen LogP contribution >= 0.6 is 11.6 Å². The lowest BCUT2D eigenvalue weighted by Crippen LogP contribution is -2.16. The predicted octanol–water partition coefficient (Wildman–Crippen LogP) is 4.40.